The van der Waals surface area contributed by atoms with E-state index in [1.807, 2.05) is 48.5 Å². The van der Waals surface area contributed by atoms with Crippen molar-refractivity contribution in [3.05, 3.63) is 119 Å². The Labute approximate surface area is 212 Å². The Kier molecular flexibility index (Phi) is 7.70. The number of hydrogen-bond acceptors (Lipinski definition) is 4. The van der Waals surface area contributed by atoms with Crippen molar-refractivity contribution in [3.8, 4) is 0 Å². The molecule has 5 rings (SSSR count). The molecule has 0 bridgehead atoms. The molecular weight excluding hydrogens is 440 g/mol. The summed E-state index contributed by atoms with van der Waals surface area (Å²) in [5.41, 5.74) is 8.46. The summed E-state index contributed by atoms with van der Waals surface area (Å²) in [6.07, 6.45) is 5.63. The molecule has 0 amide bonds. The molecule has 4 aromatic rings. The van der Waals surface area contributed by atoms with Gasteiger partial charge in [0.1, 0.15) is 12.0 Å². The van der Waals surface area contributed by atoms with Gasteiger partial charge in [-0.1, -0.05) is 72.8 Å². The van der Waals surface area contributed by atoms with Crippen LogP contribution in [0, 0.1) is 0 Å². The van der Waals surface area contributed by atoms with E-state index in [1.54, 1.807) is 0 Å². The Morgan fingerprint density at radius 2 is 0.611 bits per heavy atom. The first-order valence-electron chi connectivity index (χ1n) is 12.5. The molecule has 0 unspecified atom stereocenters. The molecule has 36 heavy (non-hydrogen) atoms. The third kappa shape index (κ3) is 6.00. The van der Waals surface area contributed by atoms with E-state index in [2.05, 4.69) is 80.5 Å². The summed E-state index contributed by atoms with van der Waals surface area (Å²) in [5.74, 6) is 0. The summed E-state index contributed by atoms with van der Waals surface area (Å²) in [4.78, 5) is 18.4. The van der Waals surface area contributed by atoms with Crippen LogP contribution in [0.4, 0.5) is 22.7 Å². The second-order valence-electron chi connectivity index (χ2n) is 8.87. The molecule has 0 fully saturated rings. The molecule has 0 saturated carbocycles. The number of nitrogens with zero attached hydrogens (tertiary/aromatic N) is 4. The molecule has 1 aliphatic rings. The summed E-state index contributed by atoms with van der Waals surface area (Å²) in [5, 5.41) is 0. The standard InChI is InChI=1S/C32H28N4/c1-5-19-29-25(11-1)15-9-16-26-12-2-6-20-30(26)35-24-36-32-22-8-4-14-28(32)18-10-17-27-13-3-7-21-31(27)34-23-33-29/h1-8,11-14,19-22H,9-10,15-18H2. The molecule has 4 aromatic carbocycles. The maximum atomic E-state index is 4.59. The van der Waals surface area contributed by atoms with Crippen molar-refractivity contribution in [2.24, 2.45) is 20.0 Å². The topological polar surface area (TPSA) is 49.4 Å². The maximum Gasteiger partial charge on any atom is 0.100 e. The lowest BCUT2D eigenvalue weighted by Crippen LogP contribution is -1.92. The van der Waals surface area contributed by atoms with Gasteiger partial charge in [-0.2, -0.15) is 20.0 Å². The number of benzene rings is 4. The van der Waals surface area contributed by atoms with Crippen molar-refractivity contribution in [3.63, 3.8) is 0 Å². The zero-order valence-electron chi connectivity index (χ0n) is 20.3. The van der Waals surface area contributed by atoms with Gasteiger partial charge in [-0.3, -0.25) is 0 Å². The summed E-state index contributed by atoms with van der Waals surface area (Å²) in [6.45, 7) is 0. The highest BCUT2D eigenvalue weighted by molar-refractivity contribution is 5.63. The van der Waals surface area contributed by atoms with Gasteiger partial charge < -0.3 is 0 Å². The third-order valence-electron chi connectivity index (χ3n) is 6.43. The fourth-order valence-electron chi connectivity index (χ4n) is 4.53. The van der Waals surface area contributed by atoms with E-state index in [0.717, 1.165) is 61.3 Å². The van der Waals surface area contributed by atoms with Gasteiger partial charge in [-0.15, -0.1) is 0 Å². The van der Waals surface area contributed by atoms with Crippen LogP contribution in [-0.2, 0) is 25.7 Å². The minimum atomic E-state index is 0.914. The van der Waals surface area contributed by atoms with Crippen molar-refractivity contribution in [1.82, 2.24) is 0 Å². The van der Waals surface area contributed by atoms with Gasteiger partial charge in [0.25, 0.3) is 0 Å². The maximum absolute atomic E-state index is 4.59. The van der Waals surface area contributed by atoms with Crippen LogP contribution in [0.1, 0.15) is 35.1 Å². The summed E-state index contributed by atoms with van der Waals surface area (Å²) in [6, 6.07) is 38.9. The van der Waals surface area contributed by atoms with E-state index in [9.17, 15) is 0 Å². The zero-order valence-corrected chi connectivity index (χ0v) is 20.3. The van der Waals surface area contributed by atoms with Crippen LogP contribution in [0.15, 0.2) is 117 Å². The van der Waals surface area contributed by atoms with Crippen LogP contribution in [0.2, 0.25) is 0 Å². The van der Waals surface area contributed by atoms with Crippen LogP contribution in [0.3, 0.4) is 0 Å². The largest absolute Gasteiger partial charge is 0.187 e. The smallest absolute Gasteiger partial charge is 0.100 e. The Hall–Kier alpha value is -4.36. The molecule has 0 radical (unpaired) electrons. The fourth-order valence-corrected chi connectivity index (χ4v) is 4.53. The second kappa shape index (κ2) is 11.9. The van der Waals surface area contributed by atoms with Crippen molar-refractivity contribution < 1.29 is 0 Å². The molecule has 0 aromatic heterocycles. The van der Waals surface area contributed by atoms with Crippen molar-refractivity contribution >= 4 is 34.8 Å². The molecule has 4 heteroatoms. The number of rotatable bonds is 0. The zero-order chi connectivity index (χ0) is 24.4. The minimum Gasteiger partial charge on any atom is -0.187 e. The van der Waals surface area contributed by atoms with E-state index < -0.39 is 0 Å². The molecule has 4 nitrogen and oxygen atoms in total. The van der Waals surface area contributed by atoms with E-state index in [-0.39, 0.29) is 0 Å². The highest BCUT2D eigenvalue weighted by Crippen LogP contribution is 2.26. The molecule has 0 atom stereocenters. The van der Waals surface area contributed by atoms with Crippen LogP contribution in [-0.4, -0.2) is 12.0 Å². The third-order valence-corrected chi connectivity index (χ3v) is 6.43. The summed E-state index contributed by atoms with van der Waals surface area (Å²) >= 11 is 0. The Morgan fingerprint density at radius 1 is 0.361 bits per heavy atom. The van der Waals surface area contributed by atoms with Gasteiger partial charge in [0.15, 0.2) is 0 Å². The average Bonchev–Trinajstić information content (AvgIpc) is 2.91. The van der Waals surface area contributed by atoms with Gasteiger partial charge >= 0.3 is 0 Å². The van der Waals surface area contributed by atoms with Gasteiger partial charge in [-0.05, 0) is 85.0 Å². The lowest BCUT2D eigenvalue weighted by molar-refractivity contribution is 0.820. The average molecular weight is 469 g/mol. The number of fused-ring (bicyclic) bond motifs is 4. The van der Waals surface area contributed by atoms with Crippen LogP contribution < -0.4 is 0 Å². The second-order valence-corrected chi connectivity index (χ2v) is 8.87. The van der Waals surface area contributed by atoms with Crippen LogP contribution in [0.5, 0.6) is 0 Å². The van der Waals surface area contributed by atoms with Crippen molar-refractivity contribution in [1.29, 1.82) is 0 Å². The highest BCUT2D eigenvalue weighted by atomic mass is 14.8. The lowest BCUT2D eigenvalue weighted by atomic mass is 10.0. The Bertz CT molecular complexity index is 1250. The van der Waals surface area contributed by atoms with Gasteiger partial charge in [0, 0.05) is 0 Å². The van der Waals surface area contributed by atoms with Gasteiger partial charge in [0.2, 0.25) is 0 Å². The first-order valence-corrected chi connectivity index (χ1v) is 12.5. The molecule has 0 N–H and O–H groups in total. The van der Waals surface area contributed by atoms with Gasteiger partial charge in [0.05, 0.1) is 22.7 Å². The molecule has 0 aliphatic carbocycles. The lowest BCUT2D eigenvalue weighted by Gasteiger charge is -2.07. The van der Waals surface area contributed by atoms with E-state index in [1.165, 1.54) is 22.3 Å². The molecule has 1 aliphatic heterocycles. The molecule has 0 spiro atoms. The number of aliphatic imine (C=N–C) groups is 4. The van der Waals surface area contributed by atoms with Crippen LogP contribution >= 0.6 is 0 Å². The van der Waals surface area contributed by atoms with E-state index in [4.69, 9.17) is 0 Å². The van der Waals surface area contributed by atoms with Crippen molar-refractivity contribution in [2.45, 2.75) is 38.5 Å². The Morgan fingerprint density at radius 3 is 0.889 bits per heavy atom. The molecule has 176 valence electrons. The highest BCUT2D eigenvalue weighted by Gasteiger charge is 2.06. The van der Waals surface area contributed by atoms with Gasteiger partial charge in [-0.25, -0.2) is 0 Å². The quantitative estimate of drug-likeness (QED) is 0.248. The number of hydrogen-bond donors (Lipinski definition) is 0. The number of para-hydroxylation sites is 4. The van der Waals surface area contributed by atoms with E-state index in [0.29, 0.717) is 0 Å². The molecule has 0 saturated heterocycles. The van der Waals surface area contributed by atoms with E-state index >= 15 is 0 Å². The van der Waals surface area contributed by atoms with Crippen molar-refractivity contribution in [2.75, 3.05) is 0 Å². The summed E-state index contributed by atoms with van der Waals surface area (Å²) < 4.78 is 0. The number of aryl methyl sites for hydroxylation is 4. The minimum absolute atomic E-state index is 0.914. The Balaban J connectivity index is 1.51. The van der Waals surface area contributed by atoms with Crippen LogP contribution in [0.25, 0.3) is 0 Å². The predicted octanol–water partition coefficient (Wildman–Crippen LogP) is 8.62. The monoisotopic (exact) mass is 468 g/mol. The fraction of sp³-hybridized carbons (Fsp3) is 0.188. The first kappa shape index (κ1) is 23.4. The normalized spacial score (nSPS) is 13.8. The first-order chi connectivity index (χ1) is 17.9. The molecule has 1 heterocycles. The summed E-state index contributed by atoms with van der Waals surface area (Å²) in [7, 11) is 0. The predicted molar refractivity (Wildman–Crippen MR) is 148 cm³/mol. The molecular formula is C32H28N4. The SMILES string of the molecule is C1=Nc2ccccc2CCCc2ccccc2N=C=Nc2ccccc2CCCc2ccccc2N=1.